The highest BCUT2D eigenvalue weighted by Gasteiger charge is 2.22. The Hall–Kier alpha value is -1.63. The van der Waals surface area contributed by atoms with Crippen LogP contribution in [0.2, 0.25) is 0 Å². The molecule has 0 bridgehead atoms. The molecule has 0 radical (unpaired) electrons. The number of benzene rings is 1. The first-order chi connectivity index (χ1) is 8.54. The van der Waals surface area contributed by atoms with E-state index in [0.717, 1.165) is 0 Å². The van der Waals surface area contributed by atoms with Gasteiger partial charge in [0.25, 0.3) is 0 Å². The van der Waals surface area contributed by atoms with Gasteiger partial charge in [-0.15, -0.1) is 0 Å². The Kier molecular flexibility index (Phi) is 5.08. The van der Waals surface area contributed by atoms with Crippen LogP contribution in [-0.4, -0.2) is 41.4 Å². The van der Waals surface area contributed by atoms with Crippen molar-refractivity contribution < 1.29 is 24.9 Å². The number of ether oxygens (including phenoxy) is 1. The summed E-state index contributed by atoms with van der Waals surface area (Å²) in [4.78, 5) is 10.9. The zero-order valence-corrected chi connectivity index (χ0v) is 10.0. The molecule has 6 heteroatoms. The molecule has 0 aliphatic heterocycles. The SMILES string of the molecule is COc1cc(C=O)c(C(O)C(O)CCN)cc1O. The van der Waals surface area contributed by atoms with E-state index in [2.05, 4.69) is 0 Å². The third-order valence-corrected chi connectivity index (χ3v) is 2.66. The Morgan fingerprint density at radius 2 is 2.11 bits per heavy atom. The highest BCUT2D eigenvalue weighted by atomic mass is 16.5. The van der Waals surface area contributed by atoms with Gasteiger partial charge in [-0.25, -0.2) is 0 Å². The number of rotatable bonds is 6. The van der Waals surface area contributed by atoms with E-state index in [1.807, 2.05) is 0 Å². The number of carbonyl (C=O) groups excluding carboxylic acids is 1. The average Bonchev–Trinajstić information content (AvgIpc) is 2.37. The van der Waals surface area contributed by atoms with Crippen LogP contribution in [0.5, 0.6) is 11.5 Å². The number of aliphatic hydroxyl groups excluding tert-OH is 2. The van der Waals surface area contributed by atoms with Gasteiger partial charge in [-0.2, -0.15) is 0 Å². The molecule has 0 fully saturated rings. The van der Waals surface area contributed by atoms with E-state index >= 15 is 0 Å². The van der Waals surface area contributed by atoms with E-state index in [4.69, 9.17) is 10.5 Å². The smallest absolute Gasteiger partial charge is 0.161 e. The van der Waals surface area contributed by atoms with Crippen molar-refractivity contribution >= 4 is 6.29 Å². The van der Waals surface area contributed by atoms with Crippen molar-refractivity contribution in [3.63, 3.8) is 0 Å². The molecule has 0 saturated heterocycles. The zero-order chi connectivity index (χ0) is 13.7. The summed E-state index contributed by atoms with van der Waals surface area (Å²) in [5.74, 6) is -0.0848. The molecule has 18 heavy (non-hydrogen) atoms. The lowest BCUT2D eigenvalue weighted by atomic mass is 9.97. The average molecular weight is 255 g/mol. The number of carbonyl (C=O) groups is 1. The molecule has 1 aromatic rings. The maximum absolute atomic E-state index is 10.9. The summed E-state index contributed by atoms with van der Waals surface area (Å²) < 4.78 is 4.86. The van der Waals surface area contributed by atoms with Gasteiger partial charge >= 0.3 is 0 Å². The van der Waals surface area contributed by atoms with Gasteiger partial charge in [0.15, 0.2) is 17.8 Å². The summed E-state index contributed by atoms with van der Waals surface area (Å²) in [6.07, 6.45) is -1.67. The number of methoxy groups -OCH3 is 1. The lowest BCUT2D eigenvalue weighted by Crippen LogP contribution is -2.22. The molecule has 0 aromatic heterocycles. The third kappa shape index (κ3) is 2.98. The third-order valence-electron chi connectivity index (χ3n) is 2.66. The first-order valence-corrected chi connectivity index (χ1v) is 5.47. The van der Waals surface area contributed by atoms with Crippen molar-refractivity contribution in [2.75, 3.05) is 13.7 Å². The van der Waals surface area contributed by atoms with Crippen LogP contribution in [0.25, 0.3) is 0 Å². The molecule has 0 amide bonds. The molecule has 0 aliphatic rings. The van der Waals surface area contributed by atoms with Gasteiger partial charge in [-0.05, 0) is 30.7 Å². The number of aromatic hydroxyl groups is 1. The Labute approximate surface area is 105 Å². The number of phenolic OH excluding ortho intramolecular Hbond substituents is 1. The maximum Gasteiger partial charge on any atom is 0.161 e. The van der Waals surface area contributed by atoms with Gasteiger partial charge in [0.1, 0.15) is 6.10 Å². The number of hydrogen-bond acceptors (Lipinski definition) is 6. The predicted octanol–water partition coefficient (Wildman–Crippen LogP) is -0.0436. The quantitative estimate of drug-likeness (QED) is 0.530. The summed E-state index contributed by atoms with van der Waals surface area (Å²) in [5.41, 5.74) is 5.57. The van der Waals surface area contributed by atoms with Gasteiger partial charge < -0.3 is 25.8 Å². The Morgan fingerprint density at radius 1 is 1.44 bits per heavy atom. The molecule has 100 valence electrons. The second-order valence-electron chi connectivity index (χ2n) is 3.86. The molecule has 5 N–H and O–H groups in total. The van der Waals surface area contributed by atoms with Crippen LogP contribution in [-0.2, 0) is 0 Å². The van der Waals surface area contributed by atoms with Crippen LogP contribution in [0.1, 0.15) is 28.4 Å². The molecular formula is C12H17NO5. The molecule has 1 rings (SSSR count). The number of nitrogens with two attached hydrogens (primary N) is 1. The van der Waals surface area contributed by atoms with Gasteiger partial charge in [0.05, 0.1) is 13.2 Å². The van der Waals surface area contributed by atoms with Crippen LogP contribution >= 0.6 is 0 Å². The number of hydrogen-bond donors (Lipinski definition) is 4. The van der Waals surface area contributed by atoms with E-state index < -0.39 is 12.2 Å². The Morgan fingerprint density at radius 3 is 2.61 bits per heavy atom. The minimum atomic E-state index is -1.29. The molecule has 2 atom stereocenters. The highest BCUT2D eigenvalue weighted by molar-refractivity contribution is 5.79. The zero-order valence-electron chi connectivity index (χ0n) is 10.0. The highest BCUT2D eigenvalue weighted by Crippen LogP contribution is 2.33. The summed E-state index contributed by atoms with van der Waals surface area (Å²) >= 11 is 0. The maximum atomic E-state index is 10.9. The monoisotopic (exact) mass is 255 g/mol. The van der Waals surface area contributed by atoms with E-state index in [0.29, 0.717) is 6.29 Å². The minimum absolute atomic E-state index is 0.126. The molecule has 6 nitrogen and oxygen atoms in total. The van der Waals surface area contributed by atoms with Crippen molar-refractivity contribution in [1.29, 1.82) is 0 Å². The van der Waals surface area contributed by atoms with Crippen molar-refractivity contribution in [2.45, 2.75) is 18.6 Å². The summed E-state index contributed by atoms with van der Waals surface area (Å²) in [6.45, 7) is 0.205. The van der Waals surface area contributed by atoms with Crippen molar-refractivity contribution in [3.05, 3.63) is 23.3 Å². The van der Waals surface area contributed by atoms with E-state index in [1.165, 1.54) is 19.2 Å². The fourth-order valence-electron chi connectivity index (χ4n) is 1.66. The fraction of sp³-hybridized carbons (Fsp3) is 0.417. The predicted molar refractivity (Wildman–Crippen MR) is 64.7 cm³/mol. The Balaban J connectivity index is 3.14. The summed E-state index contributed by atoms with van der Waals surface area (Å²) in [5, 5.41) is 29.2. The topological polar surface area (TPSA) is 113 Å². The van der Waals surface area contributed by atoms with Gasteiger partial charge in [-0.3, -0.25) is 4.79 Å². The second kappa shape index (κ2) is 6.34. The van der Waals surface area contributed by atoms with Crippen molar-refractivity contribution in [1.82, 2.24) is 0 Å². The lowest BCUT2D eigenvalue weighted by Gasteiger charge is -2.19. The minimum Gasteiger partial charge on any atom is -0.504 e. The van der Waals surface area contributed by atoms with E-state index in [-0.39, 0.29) is 35.6 Å². The summed E-state index contributed by atoms with van der Waals surface area (Å²) in [7, 11) is 1.35. The molecule has 2 unspecified atom stereocenters. The molecular weight excluding hydrogens is 238 g/mol. The van der Waals surface area contributed by atoms with Crippen LogP contribution < -0.4 is 10.5 Å². The molecule has 0 spiro atoms. The lowest BCUT2D eigenvalue weighted by molar-refractivity contribution is 0.0145. The summed E-state index contributed by atoms with van der Waals surface area (Å²) in [6, 6.07) is 2.50. The number of aldehydes is 1. The van der Waals surface area contributed by atoms with Crippen LogP contribution in [0.15, 0.2) is 12.1 Å². The largest absolute Gasteiger partial charge is 0.504 e. The van der Waals surface area contributed by atoms with Gasteiger partial charge in [-0.1, -0.05) is 0 Å². The fourth-order valence-corrected chi connectivity index (χ4v) is 1.66. The van der Waals surface area contributed by atoms with Gasteiger partial charge in [0, 0.05) is 5.56 Å². The number of phenols is 1. The molecule has 1 aromatic carbocycles. The van der Waals surface area contributed by atoms with Crippen LogP contribution in [0, 0.1) is 0 Å². The van der Waals surface area contributed by atoms with E-state index in [1.54, 1.807) is 0 Å². The first-order valence-electron chi connectivity index (χ1n) is 5.47. The van der Waals surface area contributed by atoms with Crippen LogP contribution in [0.4, 0.5) is 0 Å². The van der Waals surface area contributed by atoms with Crippen LogP contribution in [0.3, 0.4) is 0 Å². The number of aliphatic hydroxyl groups is 2. The second-order valence-corrected chi connectivity index (χ2v) is 3.86. The van der Waals surface area contributed by atoms with E-state index in [9.17, 15) is 20.1 Å². The molecule has 0 aliphatic carbocycles. The van der Waals surface area contributed by atoms with Gasteiger partial charge in [0.2, 0.25) is 0 Å². The van der Waals surface area contributed by atoms with Crippen molar-refractivity contribution in [3.8, 4) is 11.5 Å². The van der Waals surface area contributed by atoms with Crippen molar-refractivity contribution in [2.24, 2.45) is 5.73 Å². The standard InChI is InChI=1S/C12H17NO5/c1-18-11-4-7(6-14)8(5-10(11)16)12(17)9(15)2-3-13/h4-6,9,12,15-17H,2-3,13H2,1H3. The normalized spacial score (nSPS) is 14.0. The molecule has 0 saturated carbocycles. The Bertz CT molecular complexity index is 421. The molecule has 0 heterocycles. The first kappa shape index (κ1) is 14.4.